The Labute approximate surface area is 152 Å². The third-order valence-electron chi connectivity index (χ3n) is 4.16. The third-order valence-corrected chi connectivity index (χ3v) is 7.44. The van der Waals surface area contributed by atoms with Crippen molar-refractivity contribution < 1.29 is 23.1 Å². The Hall–Kier alpha value is -1.54. The van der Waals surface area contributed by atoms with Crippen molar-refractivity contribution in [1.29, 1.82) is 0 Å². The Balaban J connectivity index is 2.00. The standard InChI is InChI=1S/C17H23NO5S2/c1-3-8-25(22,23)15-7-5-4-6-14(15)24-11(2)16(19)18-13-9-12(10-13)17(20)21/h4-7,11-13H,3,8-10H2,1-2H3,(H,18,19)(H,20,21). The third kappa shape index (κ3) is 4.98. The van der Waals surface area contributed by atoms with Gasteiger partial charge >= 0.3 is 5.97 Å². The number of sulfone groups is 1. The summed E-state index contributed by atoms with van der Waals surface area (Å²) in [6, 6.07) is 6.59. The van der Waals surface area contributed by atoms with E-state index in [0.717, 1.165) is 0 Å². The van der Waals surface area contributed by atoms with Crippen LogP contribution in [0.1, 0.15) is 33.1 Å². The number of carbonyl (C=O) groups is 2. The molecule has 1 amide bonds. The Morgan fingerprint density at radius 2 is 1.96 bits per heavy atom. The van der Waals surface area contributed by atoms with Crippen molar-refractivity contribution >= 4 is 33.5 Å². The minimum atomic E-state index is -3.36. The van der Waals surface area contributed by atoms with Gasteiger partial charge in [0.1, 0.15) is 0 Å². The molecular weight excluding hydrogens is 362 g/mol. The van der Waals surface area contributed by atoms with Crippen LogP contribution in [0.4, 0.5) is 0 Å². The first-order valence-electron chi connectivity index (χ1n) is 8.26. The molecule has 1 saturated carbocycles. The largest absolute Gasteiger partial charge is 0.481 e. The molecule has 1 atom stereocenters. The highest BCUT2D eigenvalue weighted by Crippen LogP contribution is 2.32. The van der Waals surface area contributed by atoms with Crippen molar-refractivity contribution in [1.82, 2.24) is 5.32 Å². The monoisotopic (exact) mass is 385 g/mol. The van der Waals surface area contributed by atoms with E-state index in [1.807, 2.05) is 6.92 Å². The topological polar surface area (TPSA) is 101 Å². The maximum Gasteiger partial charge on any atom is 0.306 e. The zero-order valence-electron chi connectivity index (χ0n) is 14.3. The maximum atomic E-state index is 12.4. The molecule has 0 radical (unpaired) electrons. The van der Waals surface area contributed by atoms with Crippen molar-refractivity contribution in [3.63, 3.8) is 0 Å². The average molecular weight is 386 g/mol. The van der Waals surface area contributed by atoms with Crippen LogP contribution in [0.2, 0.25) is 0 Å². The number of nitrogens with one attached hydrogen (secondary N) is 1. The van der Waals surface area contributed by atoms with E-state index in [2.05, 4.69) is 5.32 Å². The molecule has 0 aromatic heterocycles. The molecule has 0 aliphatic heterocycles. The fraction of sp³-hybridized carbons (Fsp3) is 0.529. The van der Waals surface area contributed by atoms with Crippen molar-refractivity contribution in [2.45, 2.75) is 54.2 Å². The van der Waals surface area contributed by atoms with Gasteiger partial charge in [0.25, 0.3) is 0 Å². The van der Waals surface area contributed by atoms with Gasteiger partial charge in [0.05, 0.1) is 21.8 Å². The molecule has 6 nitrogen and oxygen atoms in total. The van der Waals surface area contributed by atoms with E-state index < -0.39 is 21.1 Å². The molecule has 1 unspecified atom stereocenters. The van der Waals surface area contributed by atoms with E-state index in [4.69, 9.17) is 5.11 Å². The number of carbonyl (C=O) groups excluding carboxylic acids is 1. The van der Waals surface area contributed by atoms with Crippen molar-refractivity contribution in [3.05, 3.63) is 24.3 Å². The number of amides is 1. The summed E-state index contributed by atoms with van der Waals surface area (Å²) < 4.78 is 24.7. The van der Waals surface area contributed by atoms with E-state index in [9.17, 15) is 18.0 Å². The summed E-state index contributed by atoms with van der Waals surface area (Å²) >= 11 is 1.21. The molecule has 1 aromatic rings. The molecule has 138 valence electrons. The van der Waals surface area contributed by atoms with Gasteiger partial charge in [-0.3, -0.25) is 9.59 Å². The number of rotatable bonds is 8. The Bertz CT molecular complexity index is 741. The lowest BCUT2D eigenvalue weighted by Crippen LogP contribution is -2.48. The van der Waals surface area contributed by atoms with Gasteiger partial charge in [0.2, 0.25) is 5.91 Å². The van der Waals surface area contributed by atoms with Crippen molar-refractivity contribution in [2.24, 2.45) is 5.92 Å². The van der Waals surface area contributed by atoms with E-state index in [1.165, 1.54) is 11.8 Å². The first-order chi connectivity index (χ1) is 11.7. The molecule has 8 heteroatoms. The van der Waals surface area contributed by atoms with Gasteiger partial charge in [-0.15, -0.1) is 11.8 Å². The van der Waals surface area contributed by atoms with Crippen LogP contribution in [0, 0.1) is 5.92 Å². The lowest BCUT2D eigenvalue weighted by atomic mass is 9.80. The fourth-order valence-corrected chi connectivity index (χ4v) is 5.52. The number of aliphatic carboxylic acids is 1. The van der Waals surface area contributed by atoms with Gasteiger partial charge in [0, 0.05) is 10.9 Å². The lowest BCUT2D eigenvalue weighted by Gasteiger charge is -2.33. The minimum Gasteiger partial charge on any atom is -0.481 e. The number of thioether (sulfide) groups is 1. The predicted molar refractivity (Wildman–Crippen MR) is 96.4 cm³/mol. The molecule has 0 saturated heterocycles. The van der Waals surface area contributed by atoms with Crippen molar-refractivity contribution in [3.8, 4) is 0 Å². The predicted octanol–water partition coefficient (Wildman–Crippen LogP) is 2.33. The summed E-state index contributed by atoms with van der Waals surface area (Å²) in [5, 5.41) is 11.2. The zero-order chi connectivity index (χ0) is 18.6. The number of benzene rings is 1. The average Bonchev–Trinajstić information content (AvgIpc) is 2.50. The summed E-state index contributed by atoms with van der Waals surface area (Å²) in [5.74, 6) is -1.35. The van der Waals surface area contributed by atoms with Crippen LogP contribution >= 0.6 is 11.8 Å². The first kappa shape index (κ1) is 19.8. The Morgan fingerprint density at radius 3 is 2.56 bits per heavy atom. The van der Waals surface area contributed by atoms with Gasteiger partial charge in [-0.25, -0.2) is 8.42 Å². The van der Waals surface area contributed by atoms with Crippen LogP contribution in [0.3, 0.4) is 0 Å². The SMILES string of the molecule is CCCS(=O)(=O)c1ccccc1SC(C)C(=O)NC1CC(C(=O)O)C1. The second kappa shape index (κ2) is 8.23. The fourth-order valence-electron chi connectivity index (χ4n) is 2.68. The summed E-state index contributed by atoms with van der Waals surface area (Å²) in [7, 11) is -3.36. The molecular formula is C17H23NO5S2. The van der Waals surface area contributed by atoms with Crippen LogP contribution in [0.15, 0.2) is 34.1 Å². The quantitative estimate of drug-likeness (QED) is 0.666. The smallest absolute Gasteiger partial charge is 0.306 e. The van der Waals surface area contributed by atoms with Crippen molar-refractivity contribution in [2.75, 3.05) is 5.75 Å². The Kier molecular flexibility index (Phi) is 6.51. The first-order valence-corrected chi connectivity index (χ1v) is 10.8. The van der Waals surface area contributed by atoms with Crippen LogP contribution in [-0.2, 0) is 19.4 Å². The van der Waals surface area contributed by atoms with Gasteiger partial charge < -0.3 is 10.4 Å². The molecule has 0 spiro atoms. The number of carboxylic acids is 1. The molecule has 0 heterocycles. The number of carboxylic acid groups (broad SMARTS) is 1. The minimum absolute atomic E-state index is 0.0732. The molecule has 1 fully saturated rings. The zero-order valence-corrected chi connectivity index (χ0v) is 15.9. The summed E-state index contributed by atoms with van der Waals surface area (Å²) in [5.41, 5.74) is 0. The highest BCUT2D eigenvalue weighted by Gasteiger charge is 2.36. The summed E-state index contributed by atoms with van der Waals surface area (Å²) in [6.07, 6.45) is 1.42. The van der Waals surface area contributed by atoms with Gasteiger partial charge in [-0.1, -0.05) is 19.1 Å². The Morgan fingerprint density at radius 1 is 1.32 bits per heavy atom. The molecule has 2 rings (SSSR count). The van der Waals surface area contributed by atoms with E-state index in [0.29, 0.717) is 24.2 Å². The highest BCUT2D eigenvalue weighted by atomic mass is 32.2. The molecule has 25 heavy (non-hydrogen) atoms. The number of hydrogen-bond donors (Lipinski definition) is 2. The summed E-state index contributed by atoms with van der Waals surface area (Å²) in [4.78, 5) is 23.9. The van der Waals surface area contributed by atoms with E-state index in [1.54, 1.807) is 31.2 Å². The molecule has 2 N–H and O–H groups in total. The second-order valence-electron chi connectivity index (χ2n) is 6.24. The maximum absolute atomic E-state index is 12.4. The van der Waals surface area contributed by atoms with Crippen LogP contribution in [-0.4, -0.2) is 42.4 Å². The highest BCUT2D eigenvalue weighted by molar-refractivity contribution is 8.01. The molecule has 0 bridgehead atoms. The van der Waals surface area contributed by atoms with E-state index >= 15 is 0 Å². The van der Waals surface area contributed by atoms with Gasteiger partial charge in [-0.05, 0) is 38.3 Å². The van der Waals surface area contributed by atoms with Gasteiger partial charge in [0.15, 0.2) is 9.84 Å². The second-order valence-corrected chi connectivity index (χ2v) is 9.70. The van der Waals surface area contributed by atoms with Crippen LogP contribution in [0.5, 0.6) is 0 Å². The molecule has 1 aromatic carbocycles. The van der Waals surface area contributed by atoms with Crippen LogP contribution < -0.4 is 5.32 Å². The molecule has 1 aliphatic rings. The number of hydrogen-bond acceptors (Lipinski definition) is 5. The normalized spacial score (nSPS) is 21.2. The summed E-state index contributed by atoms with van der Waals surface area (Å²) in [6.45, 7) is 3.53. The van der Waals surface area contributed by atoms with Crippen LogP contribution in [0.25, 0.3) is 0 Å². The van der Waals surface area contributed by atoms with E-state index in [-0.39, 0.29) is 28.5 Å². The van der Waals surface area contributed by atoms with Gasteiger partial charge in [-0.2, -0.15) is 0 Å². The molecule has 1 aliphatic carbocycles. The lowest BCUT2D eigenvalue weighted by molar-refractivity contribution is -0.146.